The zero-order valence-corrected chi connectivity index (χ0v) is 16.3. The van der Waals surface area contributed by atoms with Crippen LogP contribution in [-0.4, -0.2) is 34.6 Å². The van der Waals surface area contributed by atoms with Gasteiger partial charge in [0.05, 0.1) is 0 Å². The number of benzene rings is 1. The summed E-state index contributed by atoms with van der Waals surface area (Å²) in [6, 6.07) is 10.4. The van der Waals surface area contributed by atoms with E-state index in [1.54, 1.807) is 0 Å². The fourth-order valence-corrected chi connectivity index (χ4v) is 3.51. The summed E-state index contributed by atoms with van der Waals surface area (Å²) in [5, 5.41) is 4.84. The minimum absolute atomic E-state index is 0.121. The number of fused-ring (bicyclic) bond motifs is 1. The molecule has 136 valence electrons. The van der Waals surface area contributed by atoms with Crippen LogP contribution in [-0.2, 0) is 4.79 Å². The fourth-order valence-electron chi connectivity index (χ4n) is 3.51. The molecule has 3 rings (SSSR count). The quantitative estimate of drug-likeness (QED) is 0.778. The molecule has 1 amide bonds. The van der Waals surface area contributed by atoms with E-state index in [2.05, 4.69) is 31.2 Å². The molecule has 0 fully saturated rings. The standard InChI is InChI=1S/C21H27N4O/c1-6-24(7-2)19(26)13-18-20(17-10-8-14(3)9-11-17)23-25-16(5)12-15(4)22-21(18)25/h8-12,18H,6-7,13H2,1-5H3/q+1. The van der Waals surface area contributed by atoms with E-state index in [0.717, 1.165) is 41.6 Å². The van der Waals surface area contributed by atoms with Gasteiger partial charge >= 0.3 is 5.82 Å². The van der Waals surface area contributed by atoms with E-state index in [1.807, 2.05) is 43.3 Å². The number of aromatic nitrogens is 2. The van der Waals surface area contributed by atoms with Crippen LogP contribution in [0.1, 0.15) is 54.5 Å². The molecule has 1 aromatic heterocycles. The van der Waals surface area contributed by atoms with Crippen molar-refractivity contribution in [2.75, 3.05) is 13.1 Å². The number of carbonyl (C=O) groups excluding carboxylic acids is 1. The van der Waals surface area contributed by atoms with Gasteiger partial charge in [-0.25, -0.2) is 0 Å². The predicted molar refractivity (Wildman–Crippen MR) is 102 cm³/mol. The zero-order chi connectivity index (χ0) is 18.8. The van der Waals surface area contributed by atoms with E-state index in [1.165, 1.54) is 5.56 Å². The summed E-state index contributed by atoms with van der Waals surface area (Å²) in [4.78, 5) is 19.4. The van der Waals surface area contributed by atoms with Gasteiger partial charge in [0.15, 0.2) is 5.69 Å². The first-order chi connectivity index (χ1) is 12.4. The largest absolute Gasteiger partial charge is 0.343 e. The molecule has 1 aliphatic rings. The lowest BCUT2D eigenvalue weighted by Gasteiger charge is -2.20. The molecule has 5 heteroatoms. The minimum atomic E-state index is -0.121. The van der Waals surface area contributed by atoms with Crippen LogP contribution in [0.4, 0.5) is 0 Å². The monoisotopic (exact) mass is 351 g/mol. The zero-order valence-electron chi connectivity index (χ0n) is 16.3. The summed E-state index contributed by atoms with van der Waals surface area (Å²) in [6.07, 6.45) is 0.393. The molecular weight excluding hydrogens is 324 g/mol. The smallest absolute Gasteiger partial charge is 0.333 e. The van der Waals surface area contributed by atoms with Crippen LogP contribution < -0.4 is 4.68 Å². The fraction of sp³-hybridized carbons (Fsp3) is 0.429. The molecule has 0 saturated carbocycles. The Labute approximate surface area is 155 Å². The maximum absolute atomic E-state index is 12.8. The van der Waals surface area contributed by atoms with Crippen molar-refractivity contribution >= 4 is 11.6 Å². The highest BCUT2D eigenvalue weighted by atomic mass is 16.2. The van der Waals surface area contributed by atoms with Crippen LogP contribution in [0.5, 0.6) is 0 Å². The summed E-state index contributed by atoms with van der Waals surface area (Å²) >= 11 is 0. The molecule has 2 aromatic rings. The lowest BCUT2D eigenvalue weighted by atomic mass is 9.92. The van der Waals surface area contributed by atoms with Crippen molar-refractivity contribution in [3.05, 3.63) is 58.7 Å². The van der Waals surface area contributed by atoms with Gasteiger partial charge in [-0.3, -0.25) is 4.79 Å². The molecule has 2 heterocycles. The maximum atomic E-state index is 12.8. The van der Waals surface area contributed by atoms with E-state index in [0.29, 0.717) is 6.42 Å². The van der Waals surface area contributed by atoms with Crippen LogP contribution in [0.15, 0.2) is 35.4 Å². The highest BCUT2D eigenvalue weighted by Gasteiger charge is 2.40. The molecule has 0 saturated heterocycles. The molecule has 1 unspecified atom stereocenters. The highest BCUT2D eigenvalue weighted by molar-refractivity contribution is 6.06. The average molecular weight is 351 g/mol. The van der Waals surface area contributed by atoms with Gasteiger partial charge < -0.3 is 4.90 Å². The molecule has 0 bridgehead atoms. The van der Waals surface area contributed by atoms with E-state index in [9.17, 15) is 4.79 Å². The summed E-state index contributed by atoms with van der Waals surface area (Å²) in [6.45, 7) is 11.6. The van der Waals surface area contributed by atoms with E-state index >= 15 is 0 Å². The van der Waals surface area contributed by atoms with Gasteiger partial charge in [-0.15, -0.1) is 4.68 Å². The number of amides is 1. The number of aryl methyl sites for hydroxylation is 3. The number of rotatable bonds is 5. The topological polar surface area (TPSA) is 49.4 Å². The van der Waals surface area contributed by atoms with Crippen molar-refractivity contribution in [1.82, 2.24) is 9.88 Å². The van der Waals surface area contributed by atoms with Crippen LogP contribution in [0.2, 0.25) is 0 Å². The second kappa shape index (κ2) is 7.36. The number of hydrogen-bond donors (Lipinski definition) is 0. The van der Waals surface area contributed by atoms with Crippen molar-refractivity contribution in [2.24, 2.45) is 5.10 Å². The van der Waals surface area contributed by atoms with Gasteiger partial charge in [-0.2, -0.15) is 0 Å². The molecule has 1 aromatic carbocycles. The van der Waals surface area contributed by atoms with Gasteiger partial charge in [0, 0.05) is 45.0 Å². The molecule has 26 heavy (non-hydrogen) atoms. The lowest BCUT2D eigenvalue weighted by molar-refractivity contribution is -0.690. The third-order valence-electron chi connectivity index (χ3n) is 4.95. The third kappa shape index (κ3) is 3.39. The van der Waals surface area contributed by atoms with Gasteiger partial charge in [0.2, 0.25) is 5.91 Å². The van der Waals surface area contributed by atoms with Crippen molar-refractivity contribution < 1.29 is 9.47 Å². The maximum Gasteiger partial charge on any atom is 0.333 e. The predicted octanol–water partition coefficient (Wildman–Crippen LogP) is 2.90. The van der Waals surface area contributed by atoms with Crippen LogP contribution in [0.25, 0.3) is 0 Å². The van der Waals surface area contributed by atoms with E-state index in [-0.39, 0.29) is 11.8 Å². The molecule has 1 atom stereocenters. The van der Waals surface area contributed by atoms with Gasteiger partial charge in [0.25, 0.3) is 0 Å². The first-order valence-corrected chi connectivity index (χ1v) is 9.28. The Bertz CT molecular complexity index is 851. The van der Waals surface area contributed by atoms with Gasteiger partial charge in [-0.05, 0) is 25.8 Å². The van der Waals surface area contributed by atoms with Gasteiger partial charge in [-0.1, -0.05) is 34.9 Å². The third-order valence-corrected chi connectivity index (χ3v) is 4.95. The molecule has 5 nitrogen and oxygen atoms in total. The molecule has 0 N–H and O–H groups in total. The number of hydrogen-bond acceptors (Lipinski definition) is 3. The molecule has 0 spiro atoms. The Kier molecular flexibility index (Phi) is 5.16. The lowest BCUT2D eigenvalue weighted by Crippen LogP contribution is -2.36. The molecule has 1 aliphatic heterocycles. The molecular formula is C21H27N4O+. The van der Waals surface area contributed by atoms with E-state index < -0.39 is 0 Å². The molecule has 0 radical (unpaired) electrons. The Morgan fingerprint density at radius 1 is 1.12 bits per heavy atom. The SMILES string of the molecule is CCN(CC)C(=O)CC1C(c2ccc(C)cc2)=N[n+]2c(C)cc(C)nc21. The molecule has 0 aliphatic carbocycles. The van der Waals surface area contributed by atoms with Crippen molar-refractivity contribution in [3.63, 3.8) is 0 Å². The van der Waals surface area contributed by atoms with Crippen molar-refractivity contribution in [1.29, 1.82) is 0 Å². The minimum Gasteiger partial charge on any atom is -0.343 e. The Hall–Kier alpha value is -2.56. The van der Waals surface area contributed by atoms with Gasteiger partial charge in [0.1, 0.15) is 17.3 Å². The number of nitrogens with zero attached hydrogens (tertiary/aromatic N) is 4. The Morgan fingerprint density at radius 2 is 1.77 bits per heavy atom. The summed E-state index contributed by atoms with van der Waals surface area (Å²) < 4.78 is 1.89. The summed E-state index contributed by atoms with van der Waals surface area (Å²) in [5.74, 6) is 0.886. The van der Waals surface area contributed by atoms with Crippen molar-refractivity contribution in [3.8, 4) is 0 Å². The second-order valence-electron chi connectivity index (χ2n) is 6.88. The average Bonchev–Trinajstić information content (AvgIpc) is 2.95. The second-order valence-corrected chi connectivity index (χ2v) is 6.88. The summed E-state index contributed by atoms with van der Waals surface area (Å²) in [7, 11) is 0. The first-order valence-electron chi connectivity index (χ1n) is 9.28. The Morgan fingerprint density at radius 3 is 2.38 bits per heavy atom. The highest BCUT2D eigenvalue weighted by Crippen LogP contribution is 2.27. The van der Waals surface area contributed by atoms with Crippen LogP contribution in [0, 0.1) is 20.8 Å². The van der Waals surface area contributed by atoms with E-state index in [4.69, 9.17) is 10.1 Å². The van der Waals surface area contributed by atoms with Crippen LogP contribution in [0.3, 0.4) is 0 Å². The first kappa shape index (κ1) is 18.2. The van der Waals surface area contributed by atoms with Crippen molar-refractivity contribution in [2.45, 2.75) is 47.0 Å². The van der Waals surface area contributed by atoms with Crippen LogP contribution >= 0.6 is 0 Å². The summed E-state index contributed by atoms with van der Waals surface area (Å²) in [5.41, 5.74) is 5.17. The Balaban J connectivity index is 2.04. The normalized spacial score (nSPS) is 15.6. The number of carbonyl (C=O) groups is 1.